The highest BCUT2D eigenvalue weighted by Crippen LogP contribution is 2.28. The average molecular weight is 451 g/mol. The highest BCUT2D eigenvalue weighted by molar-refractivity contribution is 6.39. The van der Waals surface area contributed by atoms with Gasteiger partial charge in [-0.15, -0.1) is 0 Å². The van der Waals surface area contributed by atoms with Gasteiger partial charge in [-0.3, -0.25) is 14.4 Å². The quantitative estimate of drug-likeness (QED) is 0.732. The highest BCUT2D eigenvalue weighted by atomic mass is 16.3. The van der Waals surface area contributed by atoms with E-state index in [1.807, 2.05) is 35.0 Å². The third kappa shape index (κ3) is 5.16. The second-order valence-electron chi connectivity index (χ2n) is 8.79. The van der Waals surface area contributed by atoms with Crippen molar-refractivity contribution in [3.8, 4) is 0 Å². The van der Waals surface area contributed by atoms with Crippen LogP contribution in [0.15, 0.2) is 52.2 Å². The zero-order valence-corrected chi connectivity index (χ0v) is 19.1. The first-order chi connectivity index (χ1) is 15.9. The van der Waals surface area contributed by atoms with Gasteiger partial charge < -0.3 is 14.2 Å². The van der Waals surface area contributed by atoms with Crippen LogP contribution in [0.25, 0.3) is 0 Å². The fourth-order valence-corrected chi connectivity index (χ4v) is 4.72. The molecule has 0 unspecified atom stereocenters. The number of furan rings is 1. The minimum absolute atomic E-state index is 0.00207. The topological polar surface area (TPSA) is 95.2 Å². The fraction of sp³-hybridized carbons (Fsp3) is 0.440. The third-order valence-electron chi connectivity index (χ3n) is 6.72. The molecule has 3 amide bonds. The monoisotopic (exact) mass is 450 g/mol. The number of hydrazone groups is 1. The van der Waals surface area contributed by atoms with E-state index in [1.54, 1.807) is 19.3 Å². The van der Waals surface area contributed by atoms with E-state index in [0.29, 0.717) is 43.0 Å². The molecular weight excluding hydrogens is 420 g/mol. The summed E-state index contributed by atoms with van der Waals surface area (Å²) in [6, 6.07) is 11.9. The van der Waals surface area contributed by atoms with Crippen molar-refractivity contribution in [2.45, 2.75) is 45.1 Å². The molecule has 1 aromatic heterocycles. The van der Waals surface area contributed by atoms with E-state index in [-0.39, 0.29) is 29.7 Å². The maximum absolute atomic E-state index is 13.3. The summed E-state index contributed by atoms with van der Waals surface area (Å²) in [6.07, 6.45) is 4.55. The Balaban J connectivity index is 1.47. The van der Waals surface area contributed by atoms with E-state index in [2.05, 4.69) is 22.7 Å². The lowest BCUT2D eigenvalue weighted by Crippen LogP contribution is -2.50. The number of aryl methyl sites for hydroxylation is 1. The first-order valence-corrected chi connectivity index (χ1v) is 11.4. The Kier molecular flexibility index (Phi) is 6.91. The largest absolute Gasteiger partial charge is 0.469 e. The number of carbonyl (C=O) groups is 3. The van der Waals surface area contributed by atoms with Crippen molar-refractivity contribution in [2.24, 2.45) is 11.0 Å². The average Bonchev–Trinajstić information content (AvgIpc) is 3.28. The van der Waals surface area contributed by atoms with Crippen molar-refractivity contribution >= 4 is 23.4 Å². The summed E-state index contributed by atoms with van der Waals surface area (Å²) in [7, 11) is 1.86. The van der Waals surface area contributed by atoms with Crippen molar-refractivity contribution in [3.63, 3.8) is 0 Å². The number of likely N-dealkylation sites (N-methyl/N-ethyl adjacent to an activating group) is 1. The molecule has 4 rings (SSSR count). The van der Waals surface area contributed by atoms with E-state index in [9.17, 15) is 14.4 Å². The Morgan fingerprint density at radius 1 is 1.18 bits per heavy atom. The second-order valence-corrected chi connectivity index (χ2v) is 8.79. The van der Waals surface area contributed by atoms with Crippen LogP contribution >= 0.6 is 0 Å². The summed E-state index contributed by atoms with van der Waals surface area (Å²) < 4.78 is 5.35. The molecule has 2 aliphatic rings. The number of hydrogen-bond acceptors (Lipinski definition) is 5. The van der Waals surface area contributed by atoms with Crippen molar-refractivity contribution in [2.75, 3.05) is 20.1 Å². The van der Waals surface area contributed by atoms with Gasteiger partial charge in [-0.05, 0) is 43.7 Å². The first kappa shape index (κ1) is 22.8. The molecule has 174 valence electrons. The summed E-state index contributed by atoms with van der Waals surface area (Å²) in [5.41, 5.74) is 4.58. The second kappa shape index (κ2) is 10.0. The number of nitrogens with one attached hydrogen (secondary N) is 1. The third-order valence-corrected chi connectivity index (χ3v) is 6.72. The molecular formula is C25H30N4O4. The molecule has 0 aliphatic carbocycles. The normalized spacial score (nSPS) is 17.8. The smallest absolute Gasteiger partial charge is 0.270 e. The van der Waals surface area contributed by atoms with Crippen LogP contribution in [0.3, 0.4) is 0 Å². The molecule has 1 fully saturated rings. The van der Waals surface area contributed by atoms with Gasteiger partial charge in [-0.2, -0.15) is 5.10 Å². The minimum atomic E-state index is -0.158. The maximum atomic E-state index is 13.3. The van der Waals surface area contributed by atoms with E-state index in [4.69, 9.17) is 4.42 Å². The molecule has 1 N–H and O–H groups in total. The summed E-state index contributed by atoms with van der Waals surface area (Å²) in [5, 5.41) is 3.95. The summed E-state index contributed by atoms with van der Waals surface area (Å²) >= 11 is 0. The SMILES string of the molecule is Cc1occc1C(=O)N(C)[C@H](Cc1ccccc1)C1CCN(C(=O)C2=NNC(=O)CC2)CC1. The van der Waals surface area contributed by atoms with Crippen molar-refractivity contribution in [1.29, 1.82) is 0 Å². The van der Waals surface area contributed by atoms with Gasteiger partial charge in [-0.1, -0.05) is 30.3 Å². The summed E-state index contributed by atoms with van der Waals surface area (Å²) in [6.45, 7) is 3.01. The molecule has 3 heterocycles. The molecule has 1 atom stereocenters. The van der Waals surface area contributed by atoms with Crippen LogP contribution in [0.2, 0.25) is 0 Å². The number of hydrogen-bond donors (Lipinski definition) is 1. The van der Waals surface area contributed by atoms with Crippen LogP contribution in [0, 0.1) is 12.8 Å². The molecule has 8 heteroatoms. The molecule has 0 bridgehead atoms. The van der Waals surface area contributed by atoms with Crippen LogP contribution in [-0.2, 0) is 16.0 Å². The number of carbonyl (C=O) groups excluding carboxylic acids is 3. The lowest BCUT2D eigenvalue weighted by molar-refractivity contribution is -0.126. The molecule has 33 heavy (non-hydrogen) atoms. The Morgan fingerprint density at radius 2 is 1.91 bits per heavy atom. The molecule has 2 aliphatic heterocycles. The lowest BCUT2D eigenvalue weighted by Gasteiger charge is -2.40. The van der Waals surface area contributed by atoms with Gasteiger partial charge in [0, 0.05) is 39.0 Å². The van der Waals surface area contributed by atoms with Gasteiger partial charge in [0.25, 0.3) is 11.8 Å². The lowest BCUT2D eigenvalue weighted by atomic mass is 9.84. The molecule has 8 nitrogen and oxygen atoms in total. The first-order valence-electron chi connectivity index (χ1n) is 11.4. The Hall–Kier alpha value is -3.42. The van der Waals surface area contributed by atoms with Gasteiger partial charge in [0.1, 0.15) is 11.5 Å². The van der Waals surface area contributed by atoms with Gasteiger partial charge in [0.2, 0.25) is 5.91 Å². The van der Waals surface area contributed by atoms with Gasteiger partial charge in [-0.25, -0.2) is 5.43 Å². The van der Waals surface area contributed by atoms with Crippen LogP contribution in [0.4, 0.5) is 0 Å². The number of nitrogens with zero attached hydrogens (tertiary/aromatic N) is 3. The van der Waals surface area contributed by atoms with Crippen LogP contribution < -0.4 is 5.43 Å². The van der Waals surface area contributed by atoms with E-state index in [1.165, 1.54) is 5.56 Å². The van der Waals surface area contributed by atoms with Gasteiger partial charge >= 0.3 is 0 Å². The summed E-state index contributed by atoms with van der Waals surface area (Å²) in [5.74, 6) is 0.559. The molecule has 1 aromatic carbocycles. The van der Waals surface area contributed by atoms with E-state index in [0.717, 1.165) is 19.3 Å². The Bertz CT molecular complexity index is 1040. The predicted molar refractivity (Wildman–Crippen MR) is 124 cm³/mol. The molecule has 1 saturated heterocycles. The van der Waals surface area contributed by atoms with Crippen molar-refractivity contribution in [1.82, 2.24) is 15.2 Å². The standard InChI is InChI=1S/C25H30N4O4/c1-17-20(12-15-33-17)24(31)28(2)22(16-18-6-4-3-5-7-18)19-10-13-29(14-11-19)25(32)21-8-9-23(30)27-26-21/h3-7,12,15,19,22H,8-11,13-14,16H2,1-2H3,(H,27,30)/t22-/m1/s1. The minimum Gasteiger partial charge on any atom is -0.469 e. The number of amides is 3. The number of likely N-dealkylation sites (tertiary alicyclic amines) is 1. The molecule has 0 saturated carbocycles. The van der Waals surface area contributed by atoms with Crippen LogP contribution in [-0.4, -0.2) is 59.4 Å². The number of piperidine rings is 1. The van der Waals surface area contributed by atoms with Gasteiger partial charge in [0.15, 0.2) is 0 Å². The zero-order chi connectivity index (χ0) is 23.4. The predicted octanol–water partition coefficient (Wildman–Crippen LogP) is 2.78. The van der Waals surface area contributed by atoms with Crippen molar-refractivity contribution in [3.05, 3.63) is 59.5 Å². The maximum Gasteiger partial charge on any atom is 0.270 e. The summed E-state index contributed by atoms with van der Waals surface area (Å²) in [4.78, 5) is 41.1. The Labute approximate surface area is 193 Å². The number of rotatable bonds is 6. The van der Waals surface area contributed by atoms with Crippen LogP contribution in [0.5, 0.6) is 0 Å². The molecule has 0 radical (unpaired) electrons. The molecule has 2 aromatic rings. The fourth-order valence-electron chi connectivity index (χ4n) is 4.72. The Morgan fingerprint density at radius 3 is 2.52 bits per heavy atom. The number of benzene rings is 1. The highest BCUT2D eigenvalue weighted by Gasteiger charge is 2.34. The molecule has 0 spiro atoms. The van der Waals surface area contributed by atoms with E-state index >= 15 is 0 Å². The van der Waals surface area contributed by atoms with Gasteiger partial charge in [0.05, 0.1) is 11.8 Å². The zero-order valence-electron chi connectivity index (χ0n) is 19.1. The van der Waals surface area contributed by atoms with Crippen molar-refractivity contribution < 1.29 is 18.8 Å². The van der Waals surface area contributed by atoms with E-state index < -0.39 is 0 Å². The van der Waals surface area contributed by atoms with Crippen LogP contribution in [0.1, 0.15) is 47.4 Å².